The minimum atomic E-state index is 0.997. The van der Waals surface area contributed by atoms with Crippen LogP contribution in [0.2, 0.25) is 0 Å². The van der Waals surface area contributed by atoms with Crippen molar-refractivity contribution in [3.05, 3.63) is 18.5 Å². The Morgan fingerprint density at radius 3 is 2.67 bits per heavy atom. The lowest BCUT2D eigenvalue weighted by molar-refractivity contribution is 0.364. The van der Waals surface area contributed by atoms with E-state index in [1.54, 1.807) is 17.2 Å². The highest BCUT2D eigenvalue weighted by molar-refractivity contribution is 5.43. The maximum Gasteiger partial charge on any atom is 0.0697 e. The average molecular weight is 164 g/mol. The molecule has 0 radical (unpaired) electrons. The van der Waals surface area contributed by atoms with Gasteiger partial charge in [0.15, 0.2) is 0 Å². The molecule has 0 unspecified atom stereocenters. The zero-order valence-corrected chi connectivity index (χ0v) is 7.14. The molecule has 2 rings (SSSR count). The van der Waals surface area contributed by atoms with Crippen molar-refractivity contribution in [2.24, 2.45) is 0 Å². The molecule has 0 saturated heterocycles. The van der Waals surface area contributed by atoms with Crippen LogP contribution >= 0.6 is 0 Å². The van der Waals surface area contributed by atoms with Gasteiger partial charge < -0.3 is 4.90 Å². The standard InChI is InChI=1S/C8H12N4/c1-11-6-2-8(3-7-11)12-9-4-5-10-12/h2,4-5H,3,6-7H2,1H3. The molecule has 0 amide bonds. The maximum atomic E-state index is 4.08. The van der Waals surface area contributed by atoms with Crippen molar-refractivity contribution in [2.45, 2.75) is 6.42 Å². The van der Waals surface area contributed by atoms with Gasteiger partial charge in [0.1, 0.15) is 0 Å². The van der Waals surface area contributed by atoms with E-state index >= 15 is 0 Å². The van der Waals surface area contributed by atoms with E-state index < -0.39 is 0 Å². The van der Waals surface area contributed by atoms with Crippen molar-refractivity contribution in [1.82, 2.24) is 19.9 Å². The smallest absolute Gasteiger partial charge is 0.0697 e. The van der Waals surface area contributed by atoms with Crippen LogP contribution < -0.4 is 0 Å². The largest absolute Gasteiger partial charge is 0.302 e. The molecular formula is C8H12N4. The second-order valence-corrected chi connectivity index (χ2v) is 3.03. The summed E-state index contributed by atoms with van der Waals surface area (Å²) in [5, 5.41) is 8.17. The monoisotopic (exact) mass is 164 g/mol. The van der Waals surface area contributed by atoms with E-state index in [1.165, 1.54) is 5.70 Å². The predicted molar refractivity (Wildman–Crippen MR) is 46.4 cm³/mol. The minimum Gasteiger partial charge on any atom is -0.302 e. The van der Waals surface area contributed by atoms with E-state index in [0.29, 0.717) is 0 Å². The second-order valence-electron chi connectivity index (χ2n) is 3.03. The van der Waals surface area contributed by atoms with Crippen molar-refractivity contribution < 1.29 is 0 Å². The first kappa shape index (κ1) is 7.49. The first-order chi connectivity index (χ1) is 5.86. The first-order valence-corrected chi connectivity index (χ1v) is 4.10. The average Bonchev–Trinajstić information content (AvgIpc) is 2.58. The van der Waals surface area contributed by atoms with Crippen LogP contribution in [0.5, 0.6) is 0 Å². The van der Waals surface area contributed by atoms with Crippen molar-refractivity contribution in [1.29, 1.82) is 0 Å². The van der Waals surface area contributed by atoms with Gasteiger partial charge in [0, 0.05) is 19.5 Å². The molecule has 4 nitrogen and oxygen atoms in total. The molecule has 0 aliphatic carbocycles. The molecule has 0 bridgehead atoms. The van der Waals surface area contributed by atoms with Crippen LogP contribution in [0.25, 0.3) is 5.70 Å². The fraction of sp³-hybridized carbons (Fsp3) is 0.500. The molecule has 0 fully saturated rings. The molecule has 4 heteroatoms. The van der Waals surface area contributed by atoms with Crippen LogP contribution in [0.15, 0.2) is 18.5 Å². The molecule has 0 atom stereocenters. The Kier molecular flexibility index (Phi) is 1.91. The topological polar surface area (TPSA) is 34.0 Å². The molecule has 0 aromatic carbocycles. The number of likely N-dealkylation sites (N-methyl/N-ethyl adjacent to an activating group) is 1. The number of nitrogens with zero attached hydrogens (tertiary/aromatic N) is 4. The zero-order chi connectivity index (χ0) is 8.39. The van der Waals surface area contributed by atoms with Gasteiger partial charge in [-0.15, -0.1) is 0 Å². The third-order valence-corrected chi connectivity index (χ3v) is 2.06. The summed E-state index contributed by atoms with van der Waals surface area (Å²) in [6, 6.07) is 0. The predicted octanol–water partition coefficient (Wildman–Crippen LogP) is 0.454. The maximum absolute atomic E-state index is 4.08. The van der Waals surface area contributed by atoms with Crippen LogP contribution in [0, 0.1) is 0 Å². The lowest BCUT2D eigenvalue weighted by atomic mass is 10.2. The van der Waals surface area contributed by atoms with E-state index in [0.717, 1.165) is 19.5 Å². The normalized spacial score (nSPS) is 19.2. The molecule has 1 aliphatic heterocycles. The van der Waals surface area contributed by atoms with Crippen molar-refractivity contribution in [3.8, 4) is 0 Å². The lowest BCUT2D eigenvalue weighted by Gasteiger charge is -2.20. The Morgan fingerprint density at radius 1 is 1.33 bits per heavy atom. The number of hydrogen-bond acceptors (Lipinski definition) is 3. The van der Waals surface area contributed by atoms with E-state index in [-0.39, 0.29) is 0 Å². The van der Waals surface area contributed by atoms with E-state index in [4.69, 9.17) is 0 Å². The molecule has 1 aliphatic rings. The highest BCUT2D eigenvalue weighted by atomic mass is 15.5. The van der Waals surface area contributed by atoms with Crippen LogP contribution in [0.3, 0.4) is 0 Å². The highest BCUT2D eigenvalue weighted by Gasteiger charge is 2.09. The highest BCUT2D eigenvalue weighted by Crippen LogP contribution is 2.11. The summed E-state index contributed by atoms with van der Waals surface area (Å²) in [5.74, 6) is 0. The molecule has 0 spiro atoms. The van der Waals surface area contributed by atoms with Gasteiger partial charge >= 0.3 is 0 Å². The molecule has 1 aromatic rings. The summed E-state index contributed by atoms with van der Waals surface area (Å²) in [5.41, 5.74) is 1.21. The Bertz CT molecular complexity index is 275. The number of hydrogen-bond donors (Lipinski definition) is 0. The summed E-state index contributed by atoms with van der Waals surface area (Å²) >= 11 is 0. The Morgan fingerprint density at radius 2 is 2.08 bits per heavy atom. The van der Waals surface area contributed by atoms with Gasteiger partial charge in [0.2, 0.25) is 0 Å². The summed E-state index contributed by atoms with van der Waals surface area (Å²) in [6.45, 7) is 2.09. The fourth-order valence-electron chi connectivity index (χ4n) is 1.31. The number of rotatable bonds is 1. The molecule has 0 N–H and O–H groups in total. The van der Waals surface area contributed by atoms with Crippen molar-refractivity contribution in [2.75, 3.05) is 20.1 Å². The fourth-order valence-corrected chi connectivity index (χ4v) is 1.31. The third kappa shape index (κ3) is 1.38. The molecule has 64 valence electrons. The quantitative estimate of drug-likeness (QED) is 0.604. The molecule has 12 heavy (non-hydrogen) atoms. The van der Waals surface area contributed by atoms with Crippen LogP contribution in [0.4, 0.5) is 0 Å². The van der Waals surface area contributed by atoms with E-state index in [9.17, 15) is 0 Å². The SMILES string of the molecule is CN1CC=C(n2nccn2)CC1. The van der Waals surface area contributed by atoms with Gasteiger partial charge in [-0.25, -0.2) is 0 Å². The van der Waals surface area contributed by atoms with Crippen molar-refractivity contribution >= 4 is 5.70 Å². The Balaban J connectivity index is 2.16. The summed E-state index contributed by atoms with van der Waals surface area (Å²) in [6.07, 6.45) is 6.62. The van der Waals surface area contributed by atoms with Crippen LogP contribution in [-0.4, -0.2) is 40.0 Å². The second kappa shape index (κ2) is 3.06. The van der Waals surface area contributed by atoms with Gasteiger partial charge in [-0.1, -0.05) is 0 Å². The van der Waals surface area contributed by atoms with E-state index in [1.807, 2.05) is 0 Å². The third-order valence-electron chi connectivity index (χ3n) is 2.06. The van der Waals surface area contributed by atoms with Gasteiger partial charge in [-0.3, -0.25) is 0 Å². The van der Waals surface area contributed by atoms with Gasteiger partial charge in [-0.2, -0.15) is 15.0 Å². The zero-order valence-electron chi connectivity index (χ0n) is 7.14. The molecule has 1 aromatic heterocycles. The van der Waals surface area contributed by atoms with E-state index in [2.05, 4.69) is 28.2 Å². The van der Waals surface area contributed by atoms with Gasteiger partial charge in [0.05, 0.1) is 18.1 Å². The Labute approximate surface area is 71.5 Å². The summed E-state index contributed by atoms with van der Waals surface area (Å²) in [4.78, 5) is 3.97. The summed E-state index contributed by atoms with van der Waals surface area (Å²) in [7, 11) is 2.11. The lowest BCUT2D eigenvalue weighted by Crippen LogP contribution is -2.25. The minimum absolute atomic E-state index is 0.997. The molecular weight excluding hydrogens is 152 g/mol. The number of aromatic nitrogens is 3. The van der Waals surface area contributed by atoms with Gasteiger partial charge in [0.25, 0.3) is 0 Å². The first-order valence-electron chi connectivity index (χ1n) is 4.10. The molecule has 2 heterocycles. The van der Waals surface area contributed by atoms with Crippen LogP contribution in [-0.2, 0) is 0 Å². The Hall–Kier alpha value is -1.16. The van der Waals surface area contributed by atoms with Crippen molar-refractivity contribution in [3.63, 3.8) is 0 Å². The van der Waals surface area contributed by atoms with Crippen LogP contribution in [0.1, 0.15) is 6.42 Å². The summed E-state index contributed by atoms with van der Waals surface area (Å²) < 4.78 is 0. The molecule has 0 saturated carbocycles. The van der Waals surface area contributed by atoms with Gasteiger partial charge in [-0.05, 0) is 13.1 Å².